The van der Waals surface area contributed by atoms with Crippen molar-refractivity contribution in [2.45, 2.75) is 26.3 Å². The summed E-state index contributed by atoms with van der Waals surface area (Å²) in [7, 11) is 0. The lowest BCUT2D eigenvalue weighted by Gasteiger charge is -2.09. The molecule has 1 aromatic heterocycles. The van der Waals surface area contributed by atoms with Gasteiger partial charge in [-0.15, -0.1) is 12.3 Å². The molecule has 0 bridgehead atoms. The van der Waals surface area contributed by atoms with E-state index in [1.807, 2.05) is 6.92 Å². The van der Waals surface area contributed by atoms with Crippen molar-refractivity contribution in [3.05, 3.63) is 17.5 Å². The maximum Gasteiger partial charge on any atom is 0.256 e. The summed E-state index contributed by atoms with van der Waals surface area (Å²) >= 11 is 0. The van der Waals surface area contributed by atoms with Crippen molar-refractivity contribution in [3.8, 4) is 12.3 Å². The highest BCUT2D eigenvalue weighted by molar-refractivity contribution is 5.94. The smallest absolute Gasteiger partial charge is 0.256 e. The van der Waals surface area contributed by atoms with Gasteiger partial charge in [0.25, 0.3) is 5.91 Å². The van der Waals surface area contributed by atoms with Crippen molar-refractivity contribution in [3.63, 3.8) is 0 Å². The molecule has 0 saturated carbocycles. The normalized spacial score (nSPS) is 11.8. The third-order valence-corrected chi connectivity index (χ3v) is 1.80. The predicted molar refractivity (Wildman–Crippen MR) is 51.6 cm³/mol. The first-order valence-electron chi connectivity index (χ1n) is 4.30. The molecule has 0 saturated heterocycles. The second kappa shape index (κ2) is 4.47. The number of amides is 1. The van der Waals surface area contributed by atoms with E-state index in [0.29, 0.717) is 17.7 Å². The van der Waals surface area contributed by atoms with E-state index in [4.69, 9.17) is 10.9 Å². The van der Waals surface area contributed by atoms with Gasteiger partial charge in [0.15, 0.2) is 0 Å². The van der Waals surface area contributed by atoms with Crippen LogP contribution in [-0.4, -0.2) is 17.1 Å². The molecule has 1 amide bonds. The Morgan fingerprint density at radius 2 is 2.57 bits per heavy atom. The fourth-order valence-electron chi connectivity index (χ4n) is 1.05. The van der Waals surface area contributed by atoms with Gasteiger partial charge in [0, 0.05) is 12.5 Å². The van der Waals surface area contributed by atoms with Gasteiger partial charge in [-0.2, -0.15) is 0 Å². The molecule has 0 aromatic carbocycles. The molecule has 1 atom stereocenters. The zero-order valence-corrected chi connectivity index (χ0v) is 8.20. The van der Waals surface area contributed by atoms with Crippen LogP contribution in [0.25, 0.3) is 0 Å². The van der Waals surface area contributed by atoms with Gasteiger partial charge in [-0.3, -0.25) is 4.79 Å². The Balaban J connectivity index is 2.60. The molecule has 0 spiro atoms. The van der Waals surface area contributed by atoms with Gasteiger partial charge in [-0.05, 0) is 13.8 Å². The molecule has 1 N–H and O–H groups in total. The molecule has 0 radical (unpaired) electrons. The van der Waals surface area contributed by atoms with Crippen molar-refractivity contribution in [2.24, 2.45) is 0 Å². The molecule has 0 fully saturated rings. The summed E-state index contributed by atoms with van der Waals surface area (Å²) in [4.78, 5) is 11.5. The molecule has 1 rings (SSSR count). The van der Waals surface area contributed by atoms with Crippen LogP contribution in [0, 0.1) is 19.3 Å². The fourth-order valence-corrected chi connectivity index (χ4v) is 1.05. The molecule has 0 aliphatic heterocycles. The Morgan fingerprint density at radius 1 is 1.86 bits per heavy atom. The number of rotatable bonds is 3. The summed E-state index contributed by atoms with van der Waals surface area (Å²) in [6.45, 7) is 3.54. The molecule has 1 aromatic rings. The van der Waals surface area contributed by atoms with Crippen molar-refractivity contribution >= 4 is 5.91 Å². The first kappa shape index (κ1) is 10.3. The van der Waals surface area contributed by atoms with Gasteiger partial charge in [0.2, 0.25) is 0 Å². The standard InChI is InChI=1S/C10H12N2O2/c1-4-5-7(2)12-10(13)9-6-11-14-8(9)3/h1,6-7H,5H2,2-3H3,(H,12,13). The highest BCUT2D eigenvalue weighted by Crippen LogP contribution is 2.05. The lowest BCUT2D eigenvalue weighted by molar-refractivity contribution is 0.0939. The molecule has 0 aliphatic carbocycles. The number of carbonyl (C=O) groups is 1. The van der Waals surface area contributed by atoms with Crippen LogP contribution in [-0.2, 0) is 0 Å². The van der Waals surface area contributed by atoms with Crippen LogP contribution < -0.4 is 5.32 Å². The number of hydrogen-bond acceptors (Lipinski definition) is 3. The Morgan fingerprint density at radius 3 is 3.07 bits per heavy atom. The largest absolute Gasteiger partial charge is 0.361 e. The summed E-state index contributed by atoms with van der Waals surface area (Å²) in [5, 5.41) is 6.26. The molecule has 1 unspecified atom stereocenters. The first-order chi connectivity index (χ1) is 6.65. The molecule has 14 heavy (non-hydrogen) atoms. The van der Waals surface area contributed by atoms with Crippen LogP contribution in [0.15, 0.2) is 10.7 Å². The summed E-state index contributed by atoms with van der Waals surface area (Å²) in [5.74, 6) is 2.79. The monoisotopic (exact) mass is 192 g/mol. The van der Waals surface area contributed by atoms with E-state index in [9.17, 15) is 4.79 Å². The van der Waals surface area contributed by atoms with Crippen LogP contribution >= 0.6 is 0 Å². The fraction of sp³-hybridized carbons (Fsp3) is 0.400. The van der Waals surface area contributed by atoms with Crippen molar-refractivity contribution < 1.29 is 9.32 Å². The average molecular weight is 192 g/mol. The highest BCUT2D eigenvalue weighted by atomic mass is 16.5. The van der Waals surface area contributed by atoms with Gasteiger partial charge < -0.3 is 9.84 Å². The first-order valence-corrected chi connectivity index (χ1v) is 4.30. The topological polar surface area (TPSA) is 55.1 Å². The van der Waals surface area contributed by atoms with Crippen molar-refractivity contribution in [1.29, 1.82) is 0 Å². The third kappa shape index (κ3) is 2.36. The van der Waals surface area contributed by atoms with Gasteiger partial charge in [0.1, 0.15) is 11.3 Å². The van der Waals surface area contributed by atoms with Crippen LogP contribution in [0.4, 0.5) is 0 Å². The maximum atomic E-state index is 11.5. The molecule has 4 heteroatoms. The second-order valence-corrected chi connectivity index (χ2v) is 3.08. The Labute approximate surface area is 82.7 Å². The molecule has 74 valence electrons. The van der Waals surface area contributed by atoms with Crippen LogP contribution in [0.1, 0.15) is 29.5 Å². The van der Waals surface area contributed by atoms with Crippen LogP contribution in [0.3, 0.4) is 0 Å². The van der Waals surface area contributed by atoms with E-state index in [1.165, 1.54) is 6.20 Å². The van der Waals surface area contributed by atoms with Gasteiger partial charge in [0.05, 0.1) is 6.20 Å². The summed E-state index contributed by atoms with van der Waals surface area (Å²) in [5.41, 5.74) is 0.453. The molecule has 1 heterocycles. The number of nitrogens with one attached hydrogen (secondary N) is 1. The zero-order chi connectivity index (χ0) is 10.6. The third-order valence-electron chi connectivity index (χ3n) is 1.80. The van der Waals surface area contributed by atoms with E-state index < -0.39 is 0 Å². The number of aryl methyl sites for hydroxylation is 1. The highest BCUT2D eigenvalue weighted by Gasteiger charge is 2.14. The van der Waals surface area contributed by atoms with Gasteiger partial charge in [-0.25, -0.2) is 0 Å². The van der Waals surface area contributed by atoms with Gasteiger partial charge >= 0.3 is 0 Å². The Kier molecular flexibility index (Phi) is 3.29. The number of aromatic nitrogens is 1. The van der Waals surface area contributed by atoms with Crippen LogP contribution in [0.5, 0.6) is 0 Å². The number of terminal acetylenes is 1. The summed E-state index contributed by atoms with van der Waals surface area (Å²) in [6, 6.07) is -0.0400. The SMILES string of the molecule is C#CCC(C)NC(=O)c1cnoc1C. The molecule has 0 aliphatic rings. The quantitative estimate of drug-likeness (QED) is 0.730. The van der Waals surface area contributed by atoms with E-state index in [2.05, 4.69) is 16.4 Å². The minimum atomic E-state index is -0.202. The number of nitrogens with zero attached hydrogens (tertiary/aromatic N) is 1. The van der Waals surface area contributed by atoms with E-state index in [-0.39, 0.29) is 11.9 Å². The van der Waals surface area contributed by atoms with E-state index in [0.717, 1.165) is 0 Å². The molecule has 4 nitrogen and oxygen atoms in total. The molecular weight excluding hydrogens is 180 g/mol. The predicted octanol–water partition coefficient (Wildman–Crippen LogP) is 1.12. The zero-order valence-electron chi connectivity index (χ0n) is 8.20. The average Bonchev–Trinajstić information content (AvgIpc) is 2.51. The van der Waals surface area contributed by atoms with E-state index >= 15 is 0 Å². The minimum Gasteiger partial charge on any atom is -0.361 e. The van der Waals surface area contributed by atoms with E-state index in [1.54, 1.807) is 6.92 Å². The number of carbonyl (C=O) groups excluding carboxylic acids is 1. The summed E-state index contributed by atoms with van der Waals surface area (Å²) in [6.07, 6.45) is 7.03. The Hall–Kier alpha value is -1.76. The minimum absolute atomic E-state index is 0.0400. The summed E-state index contributed by atoms with van der Waals surface area (Å²) < 4.78 is 4.78. The maximum absolute atomic E-state index is 11.5. The lowest BCUT2D eigenvalue weighted by Crippen LogP contribution is -2.32. The lowest BCUT2D eigenvalue weighted by atomic mass is 10.2. The van der Waals surface area contributed by atoms with Crippen LogP contribution in [0.2, 0.25) is 0 Å². The van der Waals surface area contributed by atoms with Gasteiger partial charge in [-0.1, -0.05) is 5.16 Å². The van der Waals surface area contributed by atoms with Crippen molar-refractivity contribution in [1.82, 2.24) is 10.5 Å². The molecular formula is C10H12N2O2. The second-order valence-electron chi connectivity index (χ2n) is 3.08. The number of hydrogen-bond donors (Lipinski definition) is 1. The van der Waals surface area contributed by atoms with Crippen molar-refractivity contribution in [2.75, 3.05) is 0 Å². The Bertz CT molecular complexity index is 362.